The molecule has 0 N–H and O–H groups in total. The molecule has 0 aliphatic heterocycles. The third kappa shape index (κ3) is 2.60. The lowest BCUT2D eigenvalue weighted by Gasteiger charge is -2.43. The van der Waals surface area contributed by atoms with Gasteiger partial charge in [0.25, 0.3) is 0 Å². The fourth-order valence-electron chi connectivity index (χ4n) is 2.59. The molecule has 1 rings (SSSR count). The molecule has 0 aromatic heterocycles. The summed E-state index contributed by atoms with van der Waals surface area (Å²) < 4.78 is 6.03. The maximum atomic E-state index is 6.03. The van der Waals surface area contributed by atoms with Gasteiger partial charge in [0.05, 0.1) is 12.2 Å². The lowest BCUT2D eigenvalue weighted by Crippen LogP contribution is -2.42. The quantitative estimate of drug-likeness (QED) is 0.621. The van der Waals surface area contributed by atoms with Crippen LogP contribution in [0.3, 0.4) is 0 Å². The Morgan fingerprint density at radius 1 is 1.57 bits per heavy atom. The second-order valence-corrected chi connectivity index (χ2v) is 5.02. The highest BCUT2D eigenvalue weighted by Gasteiger charge is 2.38. The molecule has 0 amide bonds. The minimum Gasteiger partial charge on any atom is -0.371 e. The van der Waals surface area contributed by atoms with Crippen molar-refractivity contribution in [3.05, 3.63) is 12.7 Å². The van der Waals surface area contributed by atoms with Gasteiger partial charge in [-0.05, 0) is 24.7 Å². The molecule has 0 heterocycles. The Balaban J connectivity index is 2.64. The predicted molar refractivity (Wildman–Crippen MR) is 61.4 cm³/mol. The van der Waals surface area contributed by atoms with E-state index in [-0.39, 0.29) is 5.60 Å². The van der Waals surface area contributed by atoms with Gasteiger partial charge in [0.15, 0.2) is 0 Å². The summed E-state index contributed by atoms with van der Waals surface area (Å²) in [5, 5.41) is 0. The van der Waals surface area contributed by atoms with Gasteiger partial charge < -0.3 is 4.74 Å². The largest absolute Gasteiger partial charge is 0.371 e. The van der Waals surface area contributed by atoms with Crippen LogP contribution < -0.4 is 0 Å². The van der Waals surface area contributed by atoms with Crippen molar-refractivity contribution >= 4 is 0 Å². The van der Waals surface area contributed by atoms with Crippen LogP contribution in [-0.4, -0.2) is 12.2 Å². The zero-order valence-corrected chi connectivity index (χ0v) is 9.88. The summed E-state index contributed by atoms with van der Waals surface area (Å²) in [6, 6.07) is 0. The first-order chi connectivity index (χ1) is 6.60. The first-order valence-electron chi connectivity index (χ1n) is 5.85. The normalized spacial score (nSPS) is 33.3. The lowest BCUT2D eigenvalue weighted by atomic mass is 9.73. The van der Waals surface area contributed by atoms with E-state index in [4.69, 9.17) is 4.74 Å². The molecule has 82 valence electrons. The van der Waals surface area contributed by atoms with Crippen LogP contribution in [-0.2, 0) is 4.74 Å². The van der Waals surface area contributed by atoms with E-state index in [0.717, 1.165) is 5.92 Å². The van der Waals surface area contributed by atoms with E-state index < -0.39 is 0 Å². The van der Waals surface area contributed by atoms with Gasteiger partial charge >= 0.3 is 0 Å². The van der Waals surface area contributed by atoms with Crippen molar-refractivity contribution in [2.24, 2.45) is 11.8 Å². The van der Waals surface area contributed by atoms with Crippen molar-refractivity contribution in [2.45, 2.75) is 52.1 Å². The maximum absolute atomic E-state index is 6.03. The molecule has 1 aliphatic carbocycles. The van der Waals surface area contributed by atoms with Crippen LogP contribution in [0.4, 0.5) is 0 Å². The first-order valence-corrected chi connectivity index (χ1v) is 5.85. The SMILES string of the molecule is C=CCOC1(C(C)C)CCCC(C)C1. The van der Waals surface area contributed by atoms with E-state index in [2.05, 4.69) is 27.4 Å². The molecule has 0 bridgehead atoms. The van der Waals surface area contributed by atoms with Gasteiger partial charge in [-0.1, -0.05) is 39.7 Å². The van der Waals surface area contributed by atoms with Gasteiger partial charge in [-0.15, -0.1) is 6.58 Å². The topological polar surface area (TPSA) is 9.23 Å². The monoisotopic (exact) mass is 196 g/mol. The smallest absolute Gasteiger partial charge is 0.0712 e. The molecule has 1 aliphatic rings. The van der Waals surface area contributed by atoms with Gasteiger partial charge in [-0.25, -0.2) is 0 Å². The molecule has 1 nitrogen and oxygen atoms in total. The van der Waals surface area contributed by atoms with E-state index in [1.54, 1.807) is 0 Å². The highest BCUT2D eigenvalue weighted by Crippen LogP contribution is 2.40. The molecular weight excluding hydrogens is 172 g/mol. The van der Waals surface area contributed by atoms with Crippen molar-refractivity contribution in [2.75, 3.05) is 6.61 Å². The summed E-state index contributed by atoms with van der Waals surface area (Å²) in [6.45, 7) is 11.3. The summed E-state index contributed by atoms with van der Waals surface area (Å²) in [4.78, 5) is 0. The summed E-state index contributed by atoms with van der Waals surface area (Å²) in [5.41, 5.74) is 0.131. The number of rotatable bonds is 4. The van der Waals surface area contributed by atoms with Crippen LogP contribution >= 0.6 is 0 Å². The molecule has 0 aromatic rings. The molecule has 0 aromatic carbocycles. The third-order valence-electron chi connectivity index (χ3n) is 3.53. The summed E-state index contributed by atoms with van der Waals surface area (Å²) in [5.74, 6) is 1.43. The standard InChI is InChI=1S/C13H24O/c1-5-9-14-13(11(2)3)8-6-7-12(4)10-13/h5,11-12H,1,6-10H2,2-4H3. The molecule has 2 unspecified atom stereocenters. The molecule has 1 saturated carbocycles. The van der Waals surface area contributed by atoms with E-state index in [1.165, 1.54) is 25.7 Å². The van der Waals surface area contributed by atoms with Gasteiger partial charge in [0, 0.05) is 0 Å². The van der Waals surface area contributed by atoms with Crippen LogP contribution in [0.15, 0.2) is 12.7 Å². The van der Waals surface area contributed by atoms with E-state index in [9.17, 15) is 0 Å². The average Bonchev–Trinajstić information content (AvgIpc) is 2.14. The molecule has 0 spiro atoms. The highest BCUT2D eigenvalue weighted by molar-refractivity contribution is 4.90. The van der Waals surface area contributed by atoms with Crippen LogP contribution in [0, 0.1) is 11.8 Å². The van der Waals surface area contributed by atoms with Crippen molar-refractivity contribution in [1.82, 2.24) is 0 Å². The fraction of sp³-hybridized carbons (Fsp3) is 0.846. The second kappa shape index (κ2) is 4.97. The third-order valence-corrected chi connectivity index (χ3v) is 3.53. The van der Waals surface area contributed by atoms with Crippen LogP contribution in [0.1, 0.15) is 46.5 Å². The van der Waals surface area contributed by atoms with Gasteiger partial charge in [0.2, 0.25) is 0 Å². The minimum atomic E-state index is 0.131. The Bertz CT molecular complexity index is 186. The lowest BCUT2D eigenvalue weighted by molar-refractivity contribution is -0.101. The molecular formula is C13H24O. The Morgan fingerprint density at radius 3 is 2.79 bits per heavy atom. The fourth-order valence-corrected chi connectivity index (χ4v) is 2.59. The molecule has 14 heavy (non-hydrogen) atoms. The zero-order valence-electron chi connectivity index (χ0n) is 9.88. The van der Waals surface area contributed by atoms with Crippen molar-refractivity contribution in [3.8, 4) is 0 Å². The number of hydrogen-bond acceptors (Lipinski definition) is 1. The Morgan fingerprint density at radius 2 is 2.29 bits per heavy atom. The second-order valence-electron chi connectivity index (χ2n) is 5.02. The summed E-state index contributed by atoms with van der Waals surface area (Å²) in [7, 11) is 0. The van der Waals surface area contributed by atoms with Gasteiger partial charge in [0.1, 0.15) is 0 Å². The van der Waals surface area contributed by atoms with Crippen molar-refractivity contribution < 1.29 is 4.74 Å². The first kappa shape index (κ1) is 11.8. The van der Waals surface area contributed by atoms with Crippen molar-refractivity contribution in [3.63, 3.8) is 0 Å². The van der Waals surface area contributed by atoms with E-state index in [1.807, 2.05) is 6.08 Å². The predicted octanol–water partition coefficient (Wildman–Crippen LogP) is 3.79. The maximum Gasteiger partial charge on any atom is 0.0712 e. The Labute approximate surface area is 88.5 Å². The minimum absolute atomic E-state index is 0.131. The molecule has 1 heteroatoms. The van der Waals surface area contributed by atoms with E-state index >= 15 is 0 Å². The Hall–Kier alpha value is -0.300. The zero-order chi connectivity index (χ0) is 10.6. The van der Waals surface area contributed by atoms with Crippen LogP contribution in [0.5, 0.6) is 0 Å². The van der Waals surface area contributed by atoms with Gasteiger partial charge in [-0.2, -0.15) is 0 Å². The average molecular weight is 196 g/mol. The van der Waals surface area contributed by atoms with Crippen molar-refractivity contribution in [1.29, 1.82) is 0 Å². The van der Waals surface area contributed by atoms with Crippen LogP contribution in [0.2, 0.25) is 0 Å². The van der Waals surface area contributed by atoms with Gasteiger partial charge in [-0.3, -0.25) is 0 Å². The highest BCUT2D eigenvalue weighted by atomic mass is 16.5. The molecule has 0 radical (unpaired) electrons. The number of ether oxygens (including phenoxy) is 1. The molecule has 2 atom stereocenters. The molecule has 0 saturated heterocycles. The molecule has 1 fully saturated rings. The summed E-state index contributed by atoms with van der Waals surface area (Å²) >= 11 is 0. The number of hydrogen-bond donors (Lipinski definition) is 0. The van der Waals surface area contributed by atoms with E-state index in [0.29, 0.717) is 12.5 Å². The summed E-state index contributed by atoms with van der Waals surface area (Å²) in [6.07, 6.45) is 6.99. The van der Waals surface area contributed by atoms with Crippen LogP contribution in [0.25, 0.3) is 0 Å². The Kier molecular flexibility index (Phi) is 4.18.